The fourth-order valence-corrected chi connectivity index (χ4v) is 2.92. The maximum atomic E-state index is 12.6. The first-order chi connectivity index (χ1) is 12.2. The molecule has 0 aliphatic carbocycles. The molecule has 1 aromatic carbocycles. The molecule has 2 N–H and O–H groups in total. The molecule has 1 saturated heterocycles. The molecule has 1 aliphatic rings. The first kappa shape index (κ1) is 16.8. The lowest BCUT2D eigenvalue weighted by molar-refractivity contribution is -0.119. The fraction of sp³-hybridized carbons (Fsp3) is 0.278. The molecular formula is C18H21N5O2. The number of benzene rings is 1. The summed E-state index contributed by atoms with van der Waals surface area (Å²) in [6, 6.07) is 8.58. The highest BCUT2D eigenvalue weighted by Crippen LogP contribution is 2.20. The molecule has 7 heteroatoms. The van der Waals surface area contributed by atoms with Crippen molar-refractivity contribution < 1.29 is 9.59 Å². The van der Waals surface area contributed by atoms with Gasteiger partial charge in [0.15, 0.2) is 0 Å². The van der Waals surface area contributed by atoms with Crippen molar-refractivity contribution >= 4 is 17.6 Å². The Hall–Kier alpha value is -3.09. The monoisotopic (exact) mass is 339 g/mol. The summed E-state index contributed by atoms with van der Waals surface area (Å²) in [7, 11) is 0. The van der Waals surface area contributed by atoms with E-state index in [2.05, 4.69) is 22.3 Å². The van der Waals surface area contributed by atoms with Crippen LogP contribution in [0.15, 0.2) is 55.4 Å². The highest BCUT2D eigenvalue weighted by molar-refractivity contribution is 5.97. The molecule has 1 aliphatic heterocycles. The van der Waals surface area contributed by atoms with E-state index in [0.29, 0.717) is 25.2 Å². The molecule has 7 nitrogen and oxygen atoms in total. The van der Waals surface area contributed by atoms with Crippen molar-refractivity contribution in [2.75, 3.05) is 18.4 Å². The van der Waals surface area contributed by atoms with E-state index in [1.54, 1.807) is 21.9 Å². The van der Waals surface area contributed by atoms with Crippen molar-refractivity contribution in [3.05, 3.63) is 55.4 Å². The second-order valence-electron chi connectivity index (χ2n) is 5.82. The summed E-state index contributed by atoms with van der Waals surface area (Å²) in [4.78, 5) is 26.4. The van der Waals surface area contributed by atoms with Gasteiger partial charge in [-0.05, 0) is 37.1 Å². The number of carbonyl (C=O) groups is 2. The third-order valence-corrected chi connectivity index (χ3v) is 4.10. The number of amides is 3. The normalized spacial score (nSPS) is 16.5. The van der Waals surface area contributed by atoms with Crippen LogP contribution in [0, 0.1) is 0 Å². The average Bonchev–Trinajstić information content (AvgIpc) is 3.31. The van der Waals surface area contributed by atoms with Crippen LogP contribution >= 0.6 is 0 Å². The molecule has 1 aromatic heterocycles. The van der Waals surface area contributed by atoms with Gasteiger partial charge in [-0.3, -0.25) is 4.79 Å². The van der Waals surface area contributed by atoms with E-state index in [-0.39, 0.29) is 11.9 Å². The Labute approximate surface area is 146 Å². The standard InChI is InChI=1S/C18H21N5O2/c1-2-9-19-18(25)22-11-4-8-16(22)17(24)21-14-6-3-7-15(13-14)23-12-5-10-20-23/h2-3,5-7,10,12-13,16H,1,4,8-9,11H2,(H,19,25)(H,21,24)/t16-/m1/s1. The summed E-state index contributed by atoms with van der Waals surface area (Å²) in [6.07, 6.45) is 6.62. The van der Waals surface area contributed by atoms with Gasteiger partial charge in [0.05, 0.1) is 5.69 Å². The predicted molar refractivity (Wildman–Crippen MR) is 95.5 cm³/mol. The highest BCUT2D eigenvalue weighted by Gasteiger charge is 2.33. The lowest BCUT2D eigenvalue weighted by Gasteiger charge is -2.24. The van der Waals surface area contributed by atoms with Crippen molar-refractivity contribution in [3.63, 3.8) is 0 Å². The third kappa shape index (κ3) is 3.88. The molecule has 25 heavy (non-hydrogen) atoms. The van der Waals surface area contributed by atoms with Gasteiger partial charge in [0.1, 0.15) is 6.04 Å². The van der Waals surface area contributed by atoms with Crippen LogP contribution in [0.3, 0.4) is 0 Å². The van der Waals surface area contributed by atoms with Crippen molar-refractivity contribution in [1.29, 1.82) is 0 Å². The summed E-state index contributed by atoms with van der Waals surface area (Å²) < 4.78 is 1.72. The number of hydrogen-bond acceptors (Lipinski definition) is 3. The molecule has 0 spiro atoms. The van der Waals surface area contributed by atoms with E-state index in [1.807, 2.05) is 36.5 Å². The van der Waals surface area contributed by atoms with Gasteiger partial charge >= 0.3 is 6.03 Å². The molecule has 3 rings (SSSR count). The SMILES string of the molecule is C=CCNC(=O)N1CCC[C@@H]1C(=O)Nc1cccc(-n2cccn2)c1. The molecule has 0 saturated carbocycles. The van der Waals surface area contributed by atoms with Gasteiger partial charge in [0.25, 0.3) is 0 Å². The van der Waals surface area contributed by atoms with Crippen LogP contribution in [-0.4, -0.2) is 45.8 Å². The Bertz CT molecular complexity index is 757. The zero-order valence-corrected chi connectivity index (χ0v) is 13.9. The van der Waals surface area contributed by atoms with Crippen LogP contribution in [0.25, 0.3) is 5.69 Å². The van der Waals surface area contributed by atoms with E-state index in [1.165, 1.54) is 0 Å². The number of aromatic nitrogens is 2. The van der Waals surface area contributed by atoms with Gasteiger partial charge in [-0.25, -0.2) is 9.48 Å². The smallest absolute Gasteiger partial charge is 0.318 e. The van der Waals surface area contributed by atoms with Crippen molar-refractivity contribution in [1.82, 2.24) is 20.0 Å². The molecule has 3 amide bonds. The topological polar surface area (TPSA) is 79.3 Å². The molecule has 1 atom stereocenters. The maximum Gasteiger partial charge on any atom is 0.318 e. The quantitative estimate of drug-likeness (QED) is 0.820. The average molecular weight is 339 g/mol. The molecular weight excluding hydrogens is 318 g/mol. The molecule has 1 fully saturated rings. The number of nitrogens with one attached hydrogen (secondary N) is 2. The Morgan fingerprint density at radius 1 is 1.36 bits per heavy atom. The number of likely N-dealkylation sites (tertiary alicyclic amines) is 1. The largest absolute Gasteiger partial charge is 0.335 e. The number of hydrogen-bond donors (Lipinski definition) is 2. The summed E-state index contributed by atoms with van der Waals surface area (Å²) in [5.41, 5.74) is 1.53. The first-order valence-electron chi connectivity index (χ1n) is 8.25. The lowest BCUT2D eigenvalue weighted by atomic mass is 10.2. The second-order valence-corrected chi connectivity index (χ2v) is 5.82. The zero-order chi connectivity index (χ0) is 17.6. The minimum absolute atomic E-state index is 0.177. The Kier molecular flexibility index (Phi) is 5.13. The van der Waals surface area contributed by atoms with E-state index >= 15 is 0 Å². The third-order valence-electron chi connectivity index (χ3n) is 4.10. The van der Waals surface area contributed by atoms with Crippen LogP contribution in [-0.2, 0) is 4.79 Å². The number of anilines is 1. The van der Waals surface area contributed by atoms with Crippen LogP contribution in [0.2, 0.25) is 0 Å². The van der Waals surface area contributed by atoms with Crippen LogP contribution in [0.1, 0.15) is 12.8 Å². The Morgan fingerprint density at radius 3 is 3.00 bits per heavy atom. The van der Waals surface area contributed by atoms with Crippen LogP contribution in [0.5, 0.6) is 0 Å². The lowest BCUT2D eigenvalue weighted by Crippen LogP contribution is -2.47. The summed E-state index contributed by atoms with van der Waals surface area (Å²) >= 11 is 0. The fourth-order valence-electron chi connectivity index (χ4n) is 2.92. The number of urea groups is 1. The minimum Gasteiger partial charge on any atom is -0.335 e. The van der Waals surface area contributed by atoms with Gasteiger partial charge < -0.3 is 15.5 Å². The molecule has 130 valence electrons. The number of rotatable bonds is 5. The Morgan fingerprint density at radius 2 is 2.24 bits per heavy atom. The van der Waals surface area contributed by atoms with E-state index < -0.39 is 6.04 Å². The first-order valence-corrected chi connectivity index (χ1v) is 8.25. The second kappa shape index (κ2) is 7.65. The number of carbonyl (C=O) groups excluding carboxylic acids is 2. The van der Waals surface area contributed by atoms with Gasteiger partial charge in [-0.15, -0.1) is 6.58 Å². The molecule has 0 radical (unpaired) electrons. The molecule has 0 bridgehead atoms. The summed E-state index contributed by atoms with van der Waals surface area (Å²) in [5, 5.41) is 9.82. The van der Waals surface area contributed by atoms with Gasteiger partial charge in [0.2, 0.25) is 5.91 Å². The zero-order valence-electron chi connectivity index (χ0n) is 13.9. The van der Waals surface area contributed by atoms with Crippen molar-refractivity contribution in [3.8, 4) is 5.69 Å². The molecule has 2 aromatic rings. The van der Waals surface area contributed by atoms with E-state index in [9.17, 15) is 9.59 Å². The van der Waals surface area contributed by atoms with E-state index in [4.69, 9.17) is 0 Å². The predicted octanol–water partition coefficient (Wildman–Crippen LogP) is 2.17. The van der Waals surface area contributed by atoms with Crippen molar-refractivity contribution in [2.45, 2.75) is 18.9 Å². The highest BCUT2D eigenvalue weighted by atomic mass is 16.2. The molecule has 2 heterocycles. The van der Waals surface area contributed by atoms with Gasteiger partial charge in [0, 0.05) is 31.2 Å². The Balaban J connectivity index is 1.68. The minimum atomic E-state index is -0.460. The van der Waals surface area contributed by atoms with E-state index in [0.717, 1.165) is 12.1 Å². The number of nitrogens with zero attached hydrogens (tertiary/aromatic N) is 3. The summed E-state index contributed by atoms with van der Waals surface area (Å²) in [6.45, 7) is 4.54. The van der Waals surface area contributed by atoms with Crippen LogP contribution in [0.4, 0.5) is 10.5 Å². The van der Waals surface area contributed by atoms with Gasteiger partial charge in [-0.2, -0.15) is 5.10 Å². The van der Waals surface area contributed by atoms with Gasteiger partial charge in [-0.1, -0.05) is 12.1 Å². The maximum absolute atomic E-state index is 12.6. The summed E-state index contributed by atoms with van der Waals surface area (Å²) in [5.74, 6) is -0.177. The van der Waals surface area contributed by atoms with Crippen LogP contribution < -0.4 is 10.6 Å². The van der Waals surface area contributed by atoms with Crippen molar-refractivity contribution in [2.24, 2.45) is 0 Å². The molecule has 0 unspecified atom stereocenters.